The predicted molar refractivity (Wildman–Crippen MR) is 66.1 cm³/mol. The van der Waals surface area contributed by atoms with Gasteiger partial charge in [-0.25, -0.2) is 4.98 Å². The van der Waals surface area contributed by atoms with E-state index in [1.54, 1.807) is 0 Å². The molecule has 0 aliphatic heterocycles. The summed E-state index contributed by atoms with van der Waals surface area (Å²) in [5, 5.41) is 0.718. The first-order chi connectivity index (χ1) is 7.20. The number of rotatable bonds is 2. The van der Waals surface area contributed by atoms with Crippen LogP contribution in [-0.4, -0.2) is 9.97 Å². The zero-order valence-electron chi connectivity index (χ0n) is 8.22. The number of nitrogens with one attached hydrogen (secondary N) is 1. The van der Waals surface area contributed by atoms with Crippen LogP contribution in [0.15, 0.2) is 28.9 Å². The van der Waals surface area contributed by atoms with Crippen molar-refractivity contribution in [3.8, 4) is 11.3 Å². The molecule has 0 spiro atoms. The summed E-state index contributed by atoms with van der Waals surface area (Å²) in [5.41, 5.74) is 1.94. The third kappa shape index (κ3) is 2.24. The number of nitrogens with zero attached hydrogens (tertiary/aromatic N) is 1. The molecule has 1 aromatic carbocycles. The SMILES string of the molecule is CCc1ncc(-c2ccc(Br)cc2Cl)[nH]1. The predicted octanol–water partition coefficient (Wildman–Crippen LogP) is 4.06. The Morgan fingerprint density at radius 3 is 2.87 bits per heavy atom. The molecular formula is C11H10BrClN2. The summed E-state index contributed by atoms with van der Waals surface area (Å²) < 4.78 is 0.978. The minimum atomic E-state index is 0.718. The monoisotopic (exact) mass is 284 g/mol. The average molecular weight is 286 g/mol. The van der Waals surface area contributed by atoms with E-state index in [1.807, 2.05) is 24.4 Å². The van der Waals surface area contributed by atoms with Gasteiger partial charge in [0, 0.05) is 16.5 Å². The lowest BCUT2D eigenvalue weighted by atomic mass is 10.2. The normalized spacial score (nSPS) is 10.6. The molecule has 0 radical (unpaired) electrons. The van der Waals surface area contributed by atoms with E-state index >= 15 is 0 Å². The van der Waals surface area contributed by atoms with Gasteiger partial charge in [-0.15, -0.1) is 0 Å². The van der Waals surface area contributed by atoms with Crippen LogP contribution >= 0.6 is 27.5 Å². The lowest BCUT2D eigenvalue weighted by Crippen LogP contribution is -1.83. The highest BCUT2D eigenvalue weighted by Crippen LogP contribution is 2.29. The molecule has 1 aromatic heterocycles. The van der Waals surface area contributed by atoms with Gasteiger partial charge in [-0.05, 0) is 12.1 Å². The van der Waals surface area contributed by atoms with Crippen molar-refractivity contribution in [2.24, 2.45) is 0 Å². The molecule has 0 aliphatic rings. The van der Waals surface area contributed by atoms with Crippen LogP contribution in [0.25, 0.3) is 11.3 Å². The van der Waals surface area contributed by atoms with E-state index in [2.05, 4.69) is 32.8 Å². The van der Waals surface area contributed by atoms with E-state index in [4.69, 9.17) is 11.6 Å². The molecule has 0 saturated heterocycles. The van der Waals surface area contributed by atoms with Gasteiger partial charge in [-0.3, -0.25) is 0 Å². The highest BCUT2D eigenvalue weighted by Gasteiger charge is 2.06. The second kappa shape index (κ2) is 4.37. The minimum absolute atomic E-state index is 0.718. The zero-order valence-corrected chi connectivity index (χ0v) is 10.6. The number of halogens is 2. The van der Waals surface area contributed by atoms with Gasteiger partial charge in [-0.2, -0.15) is 0 Å². The number of aromatic amines is 1. The Labute approximate surface area is 102 Å². The van der Waals surface area contributed by atoms with Crippen molar-refractivity contribution in [3.05, 3.63) is 39.7 Å². The van der Waals surface area contributed by atoms with Gasteiger partial charge in [-0.1, -0.05) is 40.5 Å². The Morgan fingerprint density at radius 2 is 2.27 bits per heavy atom. The van der Waals surface area contributed by atoms with Gasteiger partial charge in [0.2, 0.25) is 0 Å². The highest BCUT2D eigenvalue weighted by molar-refractivity contribution is 9.10. The Balaban J connectivity index is 2.44. The smallest absolute Gasteiger partial charge is 0.106 e. The van der Waals surface area contributed by atoms with Gasteiger partial charge in [0.25, 0.3) is 0 Å². The van der Waals surface area contributed by atoms with Gasteiger partial charge < -0.3 is 4.98 Å². The van der Waals surface area contributed by atoms with Crippen LogP contribution in [0.5, 0.6) is 0 Å². The van der Waals surface area contributed by atoms with E-state index in [0.29, 0.717) is 0 Å². The van der Waals surface area contributed by atoms with E-state index in [1.165, 1.54) is 0 Å². The molecule has 4 heteroatoms. The largest absolute Gasteiger partial charge is 0.342 e. The molecule has 78 valence electrons. The molecule has 1 heterocycles. The average Bonchev–Trinajstić information content (AvgIpc) is 2.66. The molecule has 0 saturated carbocycles. The van der Waals surface area contributed by atoms with Gasteiger partial charge in [0.05, 0.1) is 16.9 Å². The van der Waals surface area contributed by atoms with E-state index < -0.39 is 0 Å². The molecule has 0 atom stereocenters. The maximum Gasteiger partial charge on any atom is 0.106 e. The summed E-state index contributed by atoms with van der Waals surface area (Å²) in [5.74, 6) is 0.976. The van der Waals surface area contributed by atoms with Crippen LogP contribution in [-0.2, 0) is 6.42 Å². The van der Waals surface area contributed by atoms with E-state index in [9.17, 15) is 0 Å². The first-order valence-corrected chi connectivity index (χ1v) is 5.87. The van der Waals surface area contributed by atoms with Crippen LogP contribution in [0.1, 0.15) is 12.7 Å². The molecule has 0 unspecified atom stereocenters. The van der Waals surface area contributed by atoms with E-state index in [-0.39, 0.29) is 0 Å². The van der Waals surface area contributed by atoms with Crippen molar-refractivity contribution in [2.75, 3.05) is 0 Å². The van der Waals surface area contributed by atoms with Crippen molar-refractivity contribution >= 4 is 27.5 Å². The molecule has 0 amide bonds. The summed E-state index contributed by atoms with van der Waals surface area (Å²) in [6, 6.07) is 5.82. The van der Waals surface area contributed by atoms with Gasteiger partial charge >= 0.3 is 0 Å². The van der Waals surface area contributed by atoms with Crippen molar-refractivity contribution in [1.82, 2.24) is 9.97 Å². The molecular weight excluding hydrogens is 275 g/mol. The third-order valence-electron chi connectivity index (χ3n) is 2.18. The summed E-state index contributed by atoms with van der Waals surface area (Å²) in [6.45, 7) is 2.06. The minimum Gasteiger partial charge on any atom is -0.342 e. The standard InChI is InChI=1S/C11H10BrClN2/c1-2-11-14-6-10(15-11)8-4-3-7(12)5-9(8)13/h3-6H,2H2,1H3,(H,14,15). The zero-order chi connectivity index (χ0) is 10.8. The number of aryl methyl sites for hydroxylation is 1. The Bertz CT molecular complexity index is 479. The summed E-state index contributed by atoms with van der Waals surface area (Å²) in [4.78, 5) is 7.48. The van der Waals surface area contributed by atoms with E-state index in [0.717, 1.165) is 33.0 Å². The fraction of sp³-hybridized carbons (Fsp3) is 0.182. The summed E-state index contributed by atoms with van der Waals surface area (Å²) >= 11 is 9.52. The van der Waals surface area contributed by atoms with Crippen LogP contribution in [0, 0.1) is 0 Å². The summed E-state index contributed by atoms with van der Waals surface area (Å²) in [6.07, 6.45) is 2.71. The number of benzene rings is 1. The fourth-order valence-electron chi connectivity index (χ4n) is 1.39. The Hall–Kier alpha value is -0.800. The van der Waals surface area contributed by atoms with Gasteiger partial charge in [0.15, 0.2) is 0 Å². The second-order valence-electron chi connectivity index (χ2n) is 3.22. The number of imidazole rings is 1. The summed E-state index contributed by atoms with van der Waals surface area (Å²) in [7, 11) is 0. The molecule has 2 rings (SSSR count). The van der Waals surface area contributed by atoms with Crippen LogP contribution in [0.4, 0.5) is 0 Å². The number of hydrogen-bond acceptors (Lipinski definition) is 1. The molecule has 2 aromatic rings. The fourth-order valence-corrected chi connectivity index (χ4v) is 2.16. The van der Waals surface area contributed by atoms with Crippen molar-refractivity contribution in [3.63, 3.8) is 0 Å². The molecule has 0 bridgehead atoms. The highest BCUT2D eigenvalue weighted by atomic mass is 79.9. The van der Waals surface area contributed by atoms with Crippen LogP contribution in [0.3, 0.4) is 0 Å². The lowest BCUT2D eigenvalue weighted by molar-refractivity contribution is 0.991. The maximum absolute atomic E-state index is 6.14. The van der Waals surface area contributed by atoms with Crippen molar-refractivity contribution in [1.29, 1.82) is 0 Å². The number of aromatic nitrogens is 2. The van der Waals surface area contributed by atoms with Crippen molar-refractivity contribution < 1.29 is 0 Å². The number of H-pyrrole nitrogens is 1. The number of hydrogen-bond donors (Lipinski definition) is 1. The molecule has 1 N–H and O–H groups in total. The van der Waals surface area contributed by atoms with Crippen LogP contribution in [0.2, 0.25) is 5.02 Å². The third-order valence-corrected chi connectivity index (χ3v) is 2.99. The Kier molecular flexibility index (Phi) is 3.12. The molecule has 0 aliphatic carbocycles. The molecule has 0 fully saturated rings. The maximum atomic E-state index is 6.14. The lowest BCUT2D eigenvalue weighted by Gasteiger charge is -2.01. The first kappa shape index (κ1) is 10.7. The second-order valence-corrected chi connectivity index (χ2v) is 4.54. The van der Waals surface area contributed by atoms with Gasteiger partial charge in [0.1, 0.15) is 5.82 Å². The first-order valence-electron chi connectivity index (χ1n) is 4.70. The molecule has 15 heavy (non-hydrogen) atoms. The van der Waals surface area contributed by atoms with Crippen molar-refractivity contribution in [2.45, 2.75) is 13.3 Å². The van der Waals surface area contributed by atoms with Crippen LogP contribution < -0.4 is 0 Å². The molecule has 2 nitrogen and oxygen atoms in total. The topological polar surface area (TPSA) is 28.7 Å². The Morgan fingerprint density at radius 1 is 1.47 bits per heavy atom. The quantitative estimate of drug-likeness (QED) is 0.886.